The van der Waals surface area contributed by atoms with Gasteiger partial charge in [-0.2, -0.15) is 0 Å². The van der Waals surface area contributed by atoms with E-state index in [0.717, 1.165) is 18.2 Å². The number of methoxy groups -OCH3 is 1. The number of nitrogens with zero attached hydrogens (tertiary/aromatic N) is 2. The molecule has 0 saturated heterocycles. The van der Waals surface area contributed by atoms with Gasteiger partial charge in [0, 0.05) is 25.9 Å². The van der Waals surface area contributed by atoms with E-state index in [0.29, 0.717) is 6.61 Å². The Labute approximate surface area is 123 Å². The van der Waals surface area contributed by atoms with Crippen molar-refractivity contribution in [2.24, 2.45) is 0 Å². The first-order chi connectivity index (χ1) is 9.67. The van der Waals surface area contributed by atoms with Crippen LogP contribution in [0.4, 0.5) is 5.95 Å². The predicted molar refractivity (Wildman–Crippen MR) is 85.3 cm³/mol. The first kappa shape index (κ1) is 17.0. The van der Waals surface area contributed by atoms with Crippen LogP contribution in [0.15, 0.2) is 6.20 Å². The van der Waals surface area contributed by atoms with Crippen LogP contribution in [0.2, 0.25) is 0 Å². The number of aryl methyl sites for hydroxylation is 2. The van der Waals surface area contributed by atoms with Crippen molar-refractivity contribution in [3.8, 4) is 0 Å². The summed E-state index contributed by atoms with van der Waals surface area (Å²) in [6.45, 7) is 8.16. The number of anilines is 1. The average molecular weight is 281 g/mol. The maximum Gasteiger partial charge on any atom is 0.203 e. The molecule has 0 bridgehead atoms. The van der Waals surface area contributed by atoms with Crippen LogP contribution < -0.4 is 5.32 Å². The molecule has 0 amide bonds. The van der Waals surface area contributed by atoms with Crippen molar-refractivity contribution in [2.75, 3.05) is 19.0 Å². The highest BCUT2D eigenvalue weighted by Crippen LogP contribution is 2.13. The molecule has 0 aliphatic rings. The van der Waals surface area contributed by atoms with E-state index >= 15 is 0 Å². The van der Waals surface area contributed by atoms with Gasteiger partial charge in [-0.25, -0.2) is 4.98 Å². The number of rotatable bonds is 11. The molecule has 1 unspecified atom stereocenters. The molecule has 0 aromatic carbocycles. The molecular weight excluding hydrogens is 250 g/mol. The van der Waals surface area contributed by atoms with Crippen molar-refractivity contribution < 1.29 is 4.74 Å². The molecule has 1 aromatic rings. The van der Waals surface area contributed by atoms with Gasteiger partial charge in [0.1, 0.15) is 0 Å². The lowest BCUT2D eigenvalue weighted by Crippen LogP contribution is -2.23. The Morgan fingerprint density at radius 3 is 2.65 bits per heavy atom. The van der Waals surface area contributed by atoms with Crippen LogP contribution in [-0.2, 0) is 11.3 Å². The van der Waals surface area contributed by atoms with Crippen LogP contribution in [0.3, 0.4) is 0 Å². The largest absolute Gasteiger partial charge is 0.383 e. The maximum absolute atomic E-state index is 5.16. The molecule has 0 radical (unpaired) electrons. The summed E-state index contributed by atoms with van der Waals surface area (Å²) < 4.78 is 7.40. The number of unbranched alkanes of at least 4 members (excludes halogenated alkanes) is 5. The first-order valence-electron chi connectivity index (χ1n) is 7.96. The van der Waals surface area contributed by atoms with Gasteiger partial charge in [-0.15, -0.1) is 0 Å². The number of aromatic nitrogens is 2. The minimum absolute atomic E-state index is 0.283. The van der Waals surface area contributed by atoms with Crippen molar-refractivity contribution in [3.63, 3.8) is 0 Å². The molecule has 4 heteroatoms. The van der Waals surface area contributed by atoms with E-state index in [1.54, 1.807) is 7.11 Å². The van der Waals surface area contributed by atoms with Crippen molar-refractivity contribution in [1.29, 1.82) is 0 Å². The van der Waals surface area contributed by atoms with Gasteiger partial charge in [-0.1, -0.05) is 39.0 Å². The Morgan fingerprint density at radius 2 is 1.95 bits per heavy atom. The second kappa shape index (κ2) is 9.81. The third-order valence-electron chi connectivity index (χ3n) is 3.44. The highest BCUT2D eigenvalue weighted by molar-refractivity contribution is 5.29. The fourth-order valence-electron chi connectivity index (χ4n) is 2.41. The van der Waals surface area contributed by atoms with E-state index in [1.165, 1.54) is 38.5 Å². The molecular formula is C16H31N3O. The number of hydrogen-bond acceptors (Lipinski definition) is 3. The zero-order valence-corrected chi connectivity index (χ0v) is 13.6. The molecule has 0 aliphatic heterocycles. The molecule has 116 valence electrons. The Hall–Kier alpha value is -1.03. The maximum atomic E-state index is 5.16. The molecule has 1 atom stereocenters. The van der Waals surface area contributed by atoms with Gasteiger partial charge < -0.3 is 14.6 Å². The zero-order chi connectivity index (χ0) is 14.8. The highest BCUT2D eigenvalue weighted by Gasteiger charge is 2.08. The summed E-state index contributed by atoms with van der Waals surface area (Å²) in [7, 11) is 1.73. The number of imidazole rings is 1. The molecule has 4 nitrogen and oxygen atoms in total. The van der Waals surface area contributed by atoms with Crippen LogP contribution in [0.1, 0.15) is 58.1 Å². The van der Waals surface area contributed by atoms with Gasteiger partial charge in [0.15, 0.2) is 0 Å². The standard InChI is InChI=1S/C16H31N3O/c1-5-6-7-8-9-10-11-19-12-14(2)17-16(19)18-15(3)13-20-4/h12,15H,5-11,13H2,1-4H3,(H,17,18). The Bertz CT molecular complexity index is 363. The third-order valence-corrected chi connectivity index (χ3v) is 3.44. The summed E-state index contributed by atoms with van der Waals surface area (Å²) in [6.07, 6.45) is 10.1. The van der Waals surface area contributed by atoms with Crippen molar-refractivity contribution in [2.45, 2.75) is 71.9 Å². The van der Waals surface area contributed by atoms with E-state index in [9.17, 15) is 0 Å². The third kappa shape index (κ3) is 6.42. The van der Waals surface area contributed by atoms with Gasteiger partial charge in [0.2, 0.25) is 5.95 Å². The molecule has 0 spiro atoms. The fourth-order valence-corrected chi connectivity index (χ4v) is 2.41. The topological polar surface area (TPSA) is 39.1 Å². The van der Waals surface area contributed by atoms with Crippen LogP contribution in [0.25, 0.3) is 0 Å². The monoisotopic (exact) mass is 281 g/mol. The minimum atomic E-state index is 0.283. The van der Waals surface area contributed by atoms with E-state index in [4.69, 9.17) is 4.74 Å². The van der Waals surface area contributed by atoms with Crippen LogP contribution in [0, 0.1) is 6.92 Å². The molecule has 0 fully saturated rings. The minimum Gasteiger partial charge on any atom is -0.383 e. The molecule has 1 N–H and O–H groups in total. The number of hydrogen-bond donors (Lipinski definition) is 1. The van der Waals surface area contributed by atoms with Crippen molar-refractivity contribution in [3.05, 3.63) is 11.9 Å². The van der Waals surface area contributed by atoms with Gasteiger partial charge in [0.25, 0.3) is 0 Å². The second-order valence-electron chi connectivity index (χ2n) is 5.67. The van der Waals surface area contributed by atoms with Crippen LogP contribution in [-0.4, -0.2) is 29.3 Å². The highest BCUT2D eigenvalue weighted by atomic mass is 16.5. The average Bonchev–Trinajstić information content (AvgIpc) is 2.74. The second-order valence-corrected chi connectivity index (χ2v) is 5.67. The number of nitrogens with one attached hydrogen (secondary N) is 1. The molecule has 1 rings (SSSR count). The molecule has 0 saturated carbocycles. The van der Waals surface area contributed by atoms with E-state index in [2.05, 4.69) is 34.9 Å². The van der Waals surface area contributed by atoms with Gasteiger partial charge in [-0.05, 0) is 20.3 Å². The van der Waals surface area contributed by atoms with Crippen molar-refractivity contribution in [1.82, 2.24) is 9.55 Å². The fraction of sp³-hybridized carbons (Fsp3) is 0.812. The lowest BCUT2D eigenvalue weighted by Gasteiger charge is -2.15. The summed E-state index contributed by atoms with van der Waals surface area (Å²) in [5.74, 6) is 0.973. The lowest BCUT2D eigenvalue weighted by atomic mass is 10.1. The first-order valence-corrected chi connectivity index (χ1v) is 7.96. The van der Waals surface area contributed by atoms with E-state index in [1.807, 2.05) is 6.92 Å². The lowest BCUT2D eigenvalue weighted by molar-refractivity contribution is 0.190. The molecule has 1 aromatic heterocycles. The van der Waals surface area contributed by atoms with Crippen LogP contribution in [0.5, 0.6) is 0 Å². The smallest absolute Gasteiger partial charge is 0.203 e. The summed E-state index contributed by atoms with van der Waals surface area (Å²) in [5.41, 5.74) is 1.07. The summed E-state index contributed by atoms with van der Waals surface area (Å²) >= 11 is 0. The van der Waals surface area contributed by atoms with E-state index < -0.39 is 0 Å². The zero-order valence-electron chi connectivity index (χ0n) is 13.6. The van der Waals surface area contributed by atoms with Gasteiger partial charge in [-0.3, -0.25) is 0 Å². The summed E-state index contributed by atoms with van der Waals surface area (Å²) in [5, 5.41) is 3.42. The molecule has 1 heterocycles. The predicted octanol–water partition coefficient (Wildman–Crippen LogP) is 4.00. The van der Waals surface area contributed by atoms with E-state index in [-0.39, 0.29) is 6.04 Å². The van der Waals surface area contributed by atoms with Crippen molar-refractivity contribution >= 4 is 5.95 Å². The summed E-state index contributed by atoms with van der Waals surface area (Å²) in [6, 6.07) is 0.283. The Kier molecular flexibility index (Phi) is 8.35. The Balaban J connectivity index is 2.36. The summed E-state index contributed by atoms with van der Waals surface area (Å²) in [4.78, 5) is 4.56. The Morgan fingerprint density at radius 1 is 1.25 bits per heavy atom. The molecule has 0 aliphatic carbocycles. The van der Waals surface area contributed by atoms with Gasteiger partial charge in [0.05, 0.1) is 12.3 Å². The quantitative estimate of drug-likeness (QED) is 0.623. The van der Waals surface area contributed by atoms with Crippen LogP contribution >= 0.6 is 0 Å². The van der Waals surface area contributed by atoms with Gasteiger partial charge >= 0.3 is 0 Å². The SMILES string of the molecule is CCCCCCCCn1cc(C)nc1NC(C)COC. The molecule has 20 heavy (non-hydrogen) atoms. The normalized spacial score (nSPS) is 12.6. The number of ether oxygens (including phenoxy) is 1.